The number of pyridine rings is 1. The molecule has 0 radical (unpaired) electrons. The normalized spacial score (nSPS) is 14.6. The Balaban J connectivity index is 0.795. The summed E-state index contributed by atoms with van der Waals surface area (Å²) in [5.41, 5.74) is 7.97. The fourth-order valence-corrected chi connectivity index (χ4v) is 8.82. The van der Waals surface area contributed by atoms with Crippen molar-refractivity contribution in [1.29, 1.82) is 0 Å². The fraction of sp³-hybridized carbons (Fsp3) is 0.391. The molecule has 0 saturated carbocycles. The second kappa shape index (κ2) is 21.7. The van der Waals surface area contributed by atoms with Crippen molar-refractivity contribution >= 4 is 45.6 Å². The maximum atomic E-state index is 2.43. The number of benzene rings is 1. The molecule has 6 rings (SSSR count). The number of hydrogen-bond acceptors (Lipinski definition) is 4. The average Bonchev–Trinajstić information content (AvgIpc) is 3.88. The van der Waals surface area contributed by atoms with Crippen LogP contribution in [0.25, 0.3) is 12.2 Å². The highest BCUT2D eigenvalue weighted by Gasteiger charge is 2.11. The zero-order chi connectivity index (χ0) is 39.0. The Labute approximate surface area is 343 Å². The second-order valence-corrected chi connectivity index (χ2v) is 17.8. The van der Waals surface area contributed by atoms with Gasteiger partial charge in [0.05, 0.1) is 26.2 Å². The molecule has 4 heterocycles. The van der Waals surface area contributed by atoms with E-state index in [1.807, 2.05) is 28.6 Å². The molecule has 294 valence electrons. The van der Waals surface area contributed by atoms with Gasteiger partial charge in [-0.25, -0.2) is 27.4 Å². The third-order valence-electron chi connectivity index (χ3n) is 10.5. The lowest BCUT2D eigenvalue weighted by atomic mass is 10.0. The first-order valence-electron chi connectivity index (χ1n) is 20.2. The molecule has 10 heteroatoms. The Morgan fingerprint density at radius 1 is 0.643 bits per heavy atom. The molecule has 1 aliphatic carbocycles. The van der Waals surface area contributed by atoms with Crippen LogP contribution in [0, 0.1) is 0 Å². The summed E-state index contributed by atoms with van der Waals surface area (Å²) in [6.07, 6.45) is 41.0. The maximum Gasteiger partial charge on any atom is 0.243 e. The largest absolute Gasteiger partial charge is 0.378 e. The lowest BCUT2D eigenvalue weighted by Crippen LogP contribution is -2.33. The molecular weight excluding hydrogens is 729 g/mol. The van der Waals surface area contributed by atoms with Crippen molar-refractivity contribution in [3.63, 3.8) is 0 Å². The number of nitrogens with zero attached hydrogens (tertiary/aromatic N) is 8. The summed E-state index contributed by atoms with van der Waals surface area (Å²) < 4.78 is 13.6. The zero-order valence-corrected chi connectivity index (χ0v) is 35.6. The molecule has 0 bridgehead atoms. The third kappa shape index (κ3) is 13.6. The summed E-state index contributed by atoms with van der Waals surface area (Å²) in [5, 5.41) is 0. The molecule has 0 saturated heterocycles. The Morgan fingerprint density at radius 2 is 1.23 bits per heavy atom. The van der Waals surface area contributed by atoms with Crippen molar-refractivity contribution in [2.24, 2.45) is 7.05 Å². The molecule has 0 atom stereocenters. The van der Waals surface area contributed by atoms with Gasteiger partial charge >= 0.3 is 0 Å². The van der Waals surface area contributed by atoms with Gasteiger partial charge in [-0.1, -0.05) is 64.1 Å². The highest BCUT2D eigenvalue weighted by Crippen LogP contribution is 2.23. The molecule has 0 fully saturated rings. The van der Waals surface area contributed by atoms with E-state index in [0.29, 0.717) is 0 Å². The first kappa shape index (κ1) is 41.1. The van der Waals surface area contributed by atoms with Gasteiger partial charge in [-0.15, -0.1) is 0 Å². The van der Waals surface area contributed by atoms with Crippen molar-refractivity contribution in [2.75, 3.05) is 57.2 Å². The molecule has 56 heavy (non-hydrogen) atoms. The molecule has 8 nitrogen and oxygen atoms in total. The molecule has 4 aromatic rings. The number of allylic oxidation sites excluding steroid dienone is 7. The maximum absolute atomic E-state index is 2.43. The summed E-state index contributed by atoms with van der Waals surface area (Å²) in [5.74, 6) is 2.22. The minimum absolute atomic E-state index is 1.03. The second-order valence-electron chi connectivity index (χ2n) is 15.0. The fourth-order valence-electron chi connectivity index (χ4n) is 6.86. The van der Waals surface area contributed by atoms with Crippen LogP contribution in [0.5, 0.6) is 0 Å². The van der Waals surface area contributed by atoms with E-state index in [4.69, 9.17) is 0 Å². The van der Waals surface area contributed by atoms with E-state index in [2.05, 4.69) is 193 Å². The van der Waals surface area contributed by atoms with Gasteiger partial charge < -0.3 is 9.80 Å². The van der Waals surface area contributed by atoms with Crippen LogP contribution in [-0.4, -0.2) is 77.1 Å². The van der Waals surface area contributed by atoms with Crippen LogP contribution in [-0.2, 0) is 33.2 Å². The Morgan fingerprint density at radius 3 is 1.80 bits per heavy atom. The number of hydrogen-bond donors (Lipinski definition) is 0. The van der Waals surface area contributed by atoms with E-state index in [0.717, 1.165) is 89.4 Å². The average molecular weight is 791 g/mol. The molecule has 0 N–H and O–H groups in total. The SMILES string of the molecule is CN(CCC[n+]1ccn(CCSSCCn2cc[n+](CCCN(C)c3ccc(/C=C/C4=CC=[N+](C)CC4)cc3)c2)c1)C1=CC=C(/C=C/c2cc[n+](C)cc2)CC1. The van der Waals surface area contributed by atoms with E-state index < -0.39 is 0 Å². The molecular formula is C46H62N8S2+4. The first-order valence-corrected chi connectivity index (χ1v) is 22.7. The molecule has 0 amide bonds. The van der Waals surface area contributed by atoms with Gasteiger partial charge in [-0.05, 0) is 53.3 Å². The van der Waals surface area contributed by atoms with Gasteiger partial charge in [-0.3, -0.25) is 0 Å². The van der Waals surface area contributed by atoms with Crippen LogP contribution >= 0.6 is 21.6 Å². The van der Waals surface area contributed by atoms with Crippen LogP contribution in [0.15, 0.2) is 133 Å². The predicted molar refractivity (Wildman–Crippen MR) is 237 cm³/mol. The van der Waals surface area contributed by atoms with E-state index >= 15 is 0 Å². The van der Waals surface area contributed by atoms with Crippen molar-refractivity contribution in [3.8, 4) is 0 Å². The third-order valence-corrected chi connectivity index (χ3v) is 12.9. The summed E-state index contributed by atoms with van der Waals surface area (Å²) in [6.45, 7) is 7.33. The molecule has 0 unspecified atom stereocenters. The summed E-state index contributed by atoms with van der Waals surface area (Å²) in [6, 6.07) is 13.2. The predicted octanol–water partition coefficient (Wildman–Crippen LogP) is 6.99. The summed E-state index contributed by atoms with van der Waals surface area (Å²) in [4.78, 5) is 4.79. The van der Waals surface area contributed by atoms with Gasteiger partial charge in [0.25, 0.3) is 0 Å². The van der Waals surface area contributed by atoms with Crippen LogP contribution in [0.1, 0.15) is 43.2 Å². The van der Waals surface area contributed by atoms with Crippen LogP contribution < -0.4 is 18.6 Å². The van der Waals surface area contributed by atoms with Crippen molar-refractivity contribution in [1.82, 2.24) is 14.0 Å². The highest BCUT2D eigenvalue weighted by molar-refractivity contribution is 8.76. The van der Waals surface area contributed by atoms with E-state index in [1.165, 1.54) is 33.7 Å². The summed E-state index contributed by atoms with van der Waals surface area (Å²) in [7, 11) is 12.6. The number of imidazole rings is 2. The molecule has 1 aliphatic heterocycles. The lowest BCUT2D eigenvalue weighted by Gasteiger charge is -2.24. The molecule has 3 aromatic heterocycles. The molecule has 1 aromatic carbocycles. The van der Waals surface area contributed by atoms with Gasteiger partial charge in [-0.2, -0.15) is 0 Å². The Bertz CT molecular complexity index is 2010. The van der Waals surface area contributed by atoms with Crippen LogP contribution in [0.2, 0.25) is 0 Å². The smallest absolute Gasteiger partial charge is 0.243 e. The number of rotatable bonds is 21. The number of aromatic nitrogens is 5. The zero-order valence-electron chi connectivity index (χ0n) is 34.0. The van der Waals surface area contributed by atoms with Crippen LogP contribution in [0.4, 0.5) is 5.69 Å². The van der Waals surface area contributed by atoms with Crippen molar-refractivity contribution < 1.29 is 18.3 Å². The Hall–Kier alpha value is -4.54. The lowest BCUT2D eigenvalue weighted by molar-refractivity contribution is -0.696. The van der Waals surface area contributed by atoms with Gasteiger partial charge in [0.15, 0.2) is 18.6 Å². The van der Waals surface area contributed by atoms with Gasteiger partial charge in [0, 0.05) is 87.5 Å². The molecule has 0 spiro atoms. The minimum Gasteiger partial charge on any atom is -0.378 e. The van der Waals surface area contributed by atoms with E-state index in [9.17, 15) is 0 Å². The number of aryl methyl sites for hydroxylation is 5. The quantitative estimate of drug-likeness (QED) is 0.0518. The van der Waals surface area contributed by atoms with Gasteiger partial charge in [0.1, 0.15) is 45.4 Å². The van der Waals surface area contributed by atoms with Gasteiger partial charge in [0.2, 0.25) is 12.7 Å². The first-order chi connectivity index (χ1) is 27.4. The number of anilines is 1. The van der Waals surface area contributed by atoms with Crippen LogP contribution in [0.3, 0.4) is 0 Å². The monoisotopic (exact) mass is 790 g/mol. The topological polar surface area (TPSA) is 31.0 Å². The van der Waals surface area contributed by atoms with E-state index in [1.54, 1.807) is 0 Å². The highest BCUT2D eigenvalue weighted by atomic mass is 33.1. The Kier molecular flexibility index (Phi) is 15.9. The summed E-state index contributed by atoms with van der Waals surface area (Å²) >= 11 is 0. The van der Waals surface area contributed by atoms with Crippen molar-refractivity contribution in [3.05, 3.63) is 145 Å². The van der Waals surface area contributed by atoms with Crippen molar-refractivity contribution in [2.45, 2.75) is 58.3 Å². The standard InChI is InChI=1S/C46H62N8S2/c1-47-27-19-43(20-28-47)9-7-41-11-15-45(16-12-41)49(3)23-5-25-51-31-33-53(39-51)35-37-55-56-38-36-54-34-32-52(40-54)26-6-24-50(4)46-17-13-42(14-18-46)8-10-44-21-29-48(2)30-22-44/h7-13,15-17,19,21-22,27,29-34,39-40H,5-6,14,18,20,23-26,28,35-38H2,1-4H3/q+4. The van der Waals surface area contributed by atoms with E-state index in [-0.39, 0.29) is 0 Å². The molecule has 2 aliphatic rings. The minimum atomic E-state index is 1.03.